The van der Waals surface area contributed by atoms with E-state index in [-0.39, 0.29) is 0 Å². The van der Waals surface area contributed by atoms with Gasteiger partial charge in [0, 0.05) is 17.5 Å². The van der Waals surface area contributed by atoms with E-state index in [0.717, 1.165) is 22.8 Å². The Morgan fingerprint density at radius 1 is 1.25 bits per heavy atom. The van der Waals surface area contributed by atoms with Gasteiger partial charge in [0.1, 0.15) is 5.01 Å². The Kier molecular flexibility index (Phi) is 4.14. The molecule has 1 aliphatic carbocycles. The number of likely N-dealkylation sites (tertiary alicyclic amines) is 1. The number of carbonyl (C=O) groups is 1. The maximum Gasteiger partial charge on any atom is 0.335 e. The fourth-order valence-electron chi connectivity index (χ4n) is 3.67. The molecule has 4 rings (SSSR count). The first-order chi connectivity index (χ1) is 11.6. The average Bonchev–Trinajstić information content (AvgIpc) is 3.26. The van der Waals surface area contributed by atoms with Crippen LogP contribution in [0.3, 0.4) is 0 Å². The molecule has 1 aromatic heterocycles. The molecule has 4 nitrogen and oxygen atoms in total. The van der Waals surface area contributed by atoms with Crippen molar-refractivity contribution >= 4 is 17.3 Å². The third kappa shape index (κ3) is 3.37. The van der Waals surface area contributed by atoms with Gasteiger partial charge in [-0.1, -0.05) is 12.1 Å². The van der Waals surface area contributed by atoms with Crippen molar-refractivity contribution in [2.24, 2.45) is 5.41 Å². The molecular formula is C19H22N2O2S. The summed E-state index contributed by atoms with van der Waals surface area (Å²) in [7, 11) is 0. The van der Waals surface area contributed by atoms with Crippen molar-refractivity contribution < 1.29 is 9.90 Å². The topological polar surface area (TPSA) is 53.4 Å². The number of carboxylic acid groups (broad SMARTS) is 1. The van der Waals surface area contributed by atoms with Gasteiger partial charge in [0.15, 0.2) is 0 Å². The SMILES string of the molecule is O=C(O)c1cccc(-c2nc(CN3CCCC4(CC3)CC4)cs2)c1. The van der Waals surface area contributed by atoms with Crippen molar-refractivity contribution in [3.05, 3.63) is 40.9 Å². The molecule has 1 saturated carbocycles. The van der Waals surface area contributed by atoms with E-state index in [9.17, 15) is 4.79 Å². The Labute approximate surface area is 146 Å². The van der Waals surface area contributed by atoms with Crippen LogP contribution in [0.2, 0.25) is 0 Å². The van der Waals surface area contributed by atoms with Gasteiger partial charge < -0.3 is 5.11 Å². The number of nitrogens with zero attached hydrogens (tertiary/aromatic N) is 2. The first-order valence-corrected chi connectivity index (χ1v) is 9.52. The van der Waals surface area contributed by atoms with Crippen molar-refractivity contribution in [1.82, 2.24) is 9.88 Å². The fraction of sp³-hybridized carbons (Fsp3) is 0.474. The molecule has 2 aromatic rings. The van der Waals surface area contributed by atoms with Gasteiger partial charge in [-0.2, -0.15) is 0 Å². The standard InChI is InChI=1S/C19H22N2O2S/c22-18(23)15-4-1-3-14(11-15)17-20-16(13-24-17)12-21-9-2-5-19(6-7-19)8-10-21/h1,3-4,11,13H,2,5-10,12H2,(H,22,23). The molecule has 126 valence electrons. The van der Waals surface area contributed by atoms with Crippen LogP contribution in [-0.4, -0.2) is 34.0 Å². The second kappa shape index (κ2) is 6.30. The summed E-state index contributed by atoms with van der Waals surface area (Å²) in [5, 5.41) is 12.1. The van der Waals surface area contributed by atoms with Crippen molar-refractivity contribution in [1.29, 1.82) is 0 Å². The minimum absolute atomic E-state index is 0.312. The second-order valence-corrected chi connectivity index (χ2v) is 8.02. The van der Waals surface area contributed by atoms with Crippen LogP contribution in [0, 0.1) is 5.41 Å². The van der Waals surface area contributed by atoms with Gasteiger partial charge in [-0.15, -0.1) is 11.3 Å². The maximum absolute atomic E-state index is 11.1. The molecule has 0 atom stereocenters. The molecule has 1 N–H and O–H groups in total. The monoisotopic (exact) mass is 342 g/mol. The highest BCUT2D eigenvalue weighted by atomic mass is 32.1. The van der Waals surface area contributed by atoms with Crippen molar-refractivity contribution in [2.45, 2.75) is 38.6 Å². The zero-order chi connectivity index (χ0) is 16.6. The summed E-state index contributed by atoms with van der Waals surface area (Å²) in [5.74, 6) is -0.896. The zero-order valence-electron chi connectivity index (χ0n) is 13.7. The van der Waals surface area contributed by atoms with Crippen LogP contribution in [0.25, 0.3) is 10.6 Å². The third-order valence-electron chi connectivity index (χ3n) is 5.39. The minimum Gasteiger partial charge on any atom is -0.478 e. The molecule has 2 fully saturated rings. The van der Waals surface area contributed by atoms with Gasteiger partial charge in [0.05, 0.1) is 11.3 Å². The molecule has 1 aromatic carbocycles. The number of thiazole rings is 1. The van der Waals surface area contributed by atoms with Crippen LogP contribution in [0.1, 0.15) is 48.2 Å². The Morgan fingerprint density at radius 2 is 2.12 bits per heavy atom. The van der Waals surface area contributed by atoms with Gasteiger partial charge in [0.25, 0.3) is 0 Å². The highest BCUT2D eigenvalue weighted by Gasteiger charge is 2.42. The molecule has 0 unspecified atom stereocenters. The molecule has 2 heterocycles. The molecule has 0 radical (unpaired) electrons. The number of benzene rings is 1. The highest BCUT2D eigenvalue weighted by molar-refractivity contribution is 7.13. The van der Waals surface area contributed by atoms with Crippen molar-refractivity contribution in [2.75, 3.05) is 13.1 Å². The van der Waals surface area contributed by atoms with Gasteiger partial charge in [-0.25, -0.2) is 9.78 Å². The predicted octanol–water partition coefficient (Wildman–Crippen LogP) is 4.27. The maximum atomic E-state index is 11.1. The Morgan fingerprint density at radius 3 is 2.92 bits per heavy atom. The molecule has 0 bridgehead atoms. The van der Waals surface area contributed by atoms with Gasteiger partial charge in [-0.3, -0.25) is 4.90 Å². The van der Waals surface area contributed by atoms with E-state index in [2.05, 4.69) is 10.3 Å². The Bertz CT molecular complexity index is 751. The molecular weight excluding hydrogens is 320 g/mol. The van der Waals surface area contributed by atoms with E-state index in [4.69, 9.17) is 10.1 Å². The lowest BCUT2D eigenvalue weighted by molar-refractivity contribution is 0.0697. The summed E-state index contributed by atoms with van der Waals surface area (Å²) in [5.41, 5.74) is 2.99. The minimum atomic E-state index is -0.896. The number of aromatic nitrogens is 1. The third-order valence-corrected chi connectivity index (χ3v) is 6.33. The molecule has 5 heteroatoms. The Balaban J connectivity index is 1.44. The first kappa shape index (κ1) is 15.8. The molecule has 2 aliphatic rings. The van der Waals surface area contributed by atoms with Crippen LogP contribution in [-0.2, 0) is 6.54 Å². The first-order valence-electron chi connectivity index (χ1n) is 8.64. The average molecular weight is 342 g/mol. The summed E-state index contributed by atoms with van der Waals surface area (Å²) >= 11 is 1.60. The number of hydrogen-bond acceptors (Lipinski definition) is 4. The van der Waals surface area contributed by atoms with E-state index >= 15 is 0 Å². The smallest absolute Gasteiger partial charge is 0.335 e. The summed E-state index contributed by atoms with van der Waals surface area (Å²) < 4.78 is 0. The summed E-state index contributed by atoms with van der Waals surface area (Å²) in [6.45, 7) is 3.26. The van der Waals surface area contributed by atoms with Crippen molar-refractivity contribution in [3.8, 4) is 10.6 Å². The quantitative estimate of drug-likeness (QED) is 0.901. The van der Waals surface area contributed by atoms with E-state index in [1.54, 1.807) is 29.5 Å². The van der Waals surface area contributed by atoms with Crippen molar-refractivity contribution in [3.63, 3.8) is 0 Å². The number of hydrogen-bond donors (Lipinski definition) is 1. The van der Waals surface area contributed by atoms with E-state index in [1.807, 2.05) is 6.07 Å². The van der Waals surface area contributed by atoms with Crippen LogP contribution in [0.5, 0.6) is 0 Å². The van der Waals surface area contributed by atoms with E-state index in [1.165, 1.54) is 45.2 Å². The molecule has 1 spiro atoms. The van der Waals surface area contributed by atoms with Gasteiger partial charge in [-0.05, 0) is 62.7 Å². The highest BCUT2D eigenvalue weighted by Crippen LogP contribution is 2.53. The number of rotatable bonds is 4. The lowest BCUT2D eigenvalue weighted by Crippen LogP contribution is -2.24. The van der Waals surface area contributed by atoms with Crippen LogP contribution >= 0.6 is 11.3 Å². The van der Waals surface area contributed by atoms with Crippen LogP contribution in [0.4, 0.5) is 0 Å². The molecule has 24 heavy (non-hydrogen) atoms. The Hall–Kier alpha value is -1.72. The van der Waals surface area contributed by atoms with Gasteiger partial charge >= 0.3 is 5.97 Å². The van der Waals surface area contributed by atoms with E-state index in [0.29, 0.717) is 11.0 Å². The lowest BCUT2D eigenvalue weighted by atomic mass is 9.98. The van der Waals surface area contributed by atoms with Gasteiger partial charge in [0.2, 0.25) is 0 Å². The largest absolute Gasteiger partial charge is 0.478 e. The molecule has 0 amide bonds. The summed E-state index contributed by atoms with van der Waals surface area (Å²) in [4.78, 5) is 18.4. The molecule has 1 aliphatic heterocycles. The molecule has 1 saturated heterocycles. The number of carboxylic acids is 1. The fourth-order valence-corrected chi connectivity index (χ4v) is 4.48. The predicted molar refractivity (Wildman–Crippen MR) is 95.3 cm³/mol. The summed E-state index contributed by atoms with van der Waals surface area (Å²) in [6.07, 6.45) is 6.90. The zero-order valence-corrected chi connectivity index (χ0v) is 14.5. The van der Waals surface area contributed by atoms with E-state index < -0.39 is 5.97 Å². The van der Waals surface area contributed by atoms with Crippen LogP contribution in [0.15, 0.2) is 29.6 Å². The number of aromatic carboxylic acids is 1. The lowest BCUT2D eigenvalue weighted by Gasteiger charge is -2.18. The second-order valence-electron chi connectivity index (χ2n) is 7.16. The normalized spacial score (nSPS) is 20.0. The van der Waals surface area contributed by atoms with Crippen LogP contribution < -0.4 is 0 Å². The summed E-state index contributed by atoms with van der Waals surface area (Å²) in [6, 6.07) is 7.03.